The number of guanidine groups is 1. The zero-order valence-corrected chi connectivity index (χ0v) is 17.6. The van der Waals surface area contributed by atoms with Crippen molar-refractivity contribution in [2.45, 2.75) is 38.6 Å². The Labute approximate surface area is 172 Å². The predicted molar refractivity (Wildman–Crippen MR) is 121 cm³/mol. The summed E-state index contributed by atoms with van der Waals surface area (Å²) in [6, 6.07) is 13.2. The molecule has 1 heterocycles. The van der Waals surface area contributed by atoms with Crippen LogP contribution in [0, 0.1) is 0 Å². The van der Waals surface area contributed by atoms with Gasteiger partial charge in [-0.25, -0.2) is 4.99 Å². The molecule has 3 N–H and O–H groups in total. The molecule has 4 nitrogen and oxygen atoms in total. The van der Waals surface area contributed by atoms with Gasteiger partial charge in [0, 0.05) is 25.0 Å². The molecule has 26 heavy (non-hydrogen) atoms. The lowest BCUT2D eigenvalue weighted by Gasteiger charge is -2.27. The van der Waals surface area contributed by atoms with Crippen LogP contribution in [-0.4, -0.2) is 19.6 Å². The fourth-order valence-electron chi connectivity index (χ4n) is 3.95. The molecule has 138 valence electrons. The van der Waals surface area contributed by atoms with Crippen molar-refractivity contribution >= 4 is 41.3 Å². The highest BCUT2D eigenvalue weighted by molar-refractivity contribution is 14.0. The quantitative estimate of drug-likeness (QED) is 0.410. The number of nitrogens with zero attached hydrogens (tertiary/aromatic N) is 2. The lowest BCUT2D eigenvalue weighted by atomic mass is 10.00. The molecule has 0 saturated carbocycles. The Morgan fingerprint density at radius 1 is 1.04 bits per heavy atom. The second-order valence-corrected chi connectivity index (χ2v) is 7.15. The Bertz CT molecular complexity index is 816. The molecular formula is C21H27IN4. The molecule has 0 bridgehead atoms. The fraction of sp³-hybridized carbons (Fsp3) is 0.381. The van der Waals surface area contributed by atoms with Crippen LogP contribution in [0.4, 0.5) is 11.4 Å². The summed E-state index contributed by atoms with van der Waals surface area (Å²) in [7, 11) is 2.16. The number of halogens is 1. The molecule has 0 unspecified atom stereocenters. The van der Waals surface area contributed by atoms with E-state index in [-0.39, 0.29) is 24.0 Å². The summed E-state index contributed by atoms with van der Waals surface area (Å²) in [5.74, 6) is 0.479. The molecule has 0 spiro atoms. The summed E-state index contributed by atoms with van der Waals surface area (Å²) in [6.45, 7) is 1.75. The van der Waals surface area contributed by atoms with Crippen LogP contribution in [0.1, 0.15) is 35.1 Å². The zero-order valence-electron chi connectivity index (χ0n) is 15.3. The van der Waals surface area contributed by atoms with Gasteiger partial charge in [-0.3, -0.25) is 0 Å². The molecular weight excluding hydrogens is 435 g/mol. The lowest BCUT2D eigenvalue weighted by Crippen LogP contribution is -2.24. The molecule has 0 atom stereocenters. The molecule has 2 aromatic rings. The van der Waals surface area contributed by atoms with Gasteiger partial charge in [0.25, 0.3) is 0 Å². The van der Waals surface area contributed by atoms with Gasteiger partial charge in [0.2, 0.25) is 0 Å². The summed E-state index contributed by atoms with van der Waals surface area (Å²) < 4.78 is 0. The highest BCUT2D eigenvalue weighted by Crippen LogP contribution is 2.27. The van der Waals surface area contributed by atoms with Gasteiger partial charge >= 0.3 is 0 Å². The van der Waals surface area contributed by atoms with E-state index in [4.69, 9.17) is 5.73 Å². The average molecular weight is 462 g/mol. The van der Waals surface area contributed by atoms with Crippen molar-refractivity contribution in [1.29, 1.82) is 0 Å². The second-order valence-electron chi connectivity index (χ2n) is 7.15. The summed E-state index contributed by atoms with van der Waals surface area (Å²) in [4.78, 5) is 6.85. The molecule has 2 aromatic carbocycles. The van der Waals surface area contributed by atoms with Crippen molar-refractivity contribution in [3.63, 3.8) is 0 Å². The van der Waals surface area contributed by atoms with Gasteiger partial charge in [-0.05, 0) is 72.6 Å². The Morgan fingerprint density at radius 3 is 2.73 bits per heavy atom. The van der Waals surface area contributed by atoms with E-state index in [2.05, 4.69) is 58.7 Å². The number of benzene rings is 2. The first kappa shape index (κ1) is 19.0. The minimum atomic E-state index is 0. The number of nitrogens with two attached hydrogens (primary N) is 1. The van der Waals surface area contributed by atoms with Gasteiger partial charge in [0.05, 0.1) is 6.54 Å². The predicted octanol–water partition coefficient (Wildman–Crippen LogP) is 4.10. The largest absolute Gasteiger partial charge is 0.374 e. The Hall–Kier alpha value is -1.76. The highest BCUT2D eigenvalue weighted by atomic mass is 127. The van der Waals surface area contributed by atoms with Crippen LogP contribution in [0.2, 0.25) is 0 Å². The van der Waals surface area contributed by atoms with Crippen molar-refractivity contribution in [2.75, 3.05) is 23.8 Å². The van der Waals surface area contributed by atoms with Crippen LogP contribution in [-0.2, 0) is 25.8 Å². The van der Waals surface area contributed by atoms with E-state index in [1.165, 1.54) is 53.6 Å². The Kier molecular flexibility index (Phi) is 6.06. The first-order valence-electron chi connectivity index (χ1n) is 9.21. The molecule has 5 heteroatoms. The summed E-state index contributed by atoms with van der Waals surface area (Å²) in [6.07, 6.45) is 6.01. The Morgan fingerprint density at radius 2 is 1.85 bits per heavy atom. The molecule has 0 aromatic heterocycles. The van der Waals surface area contributed by atoms with E-state index >= 15 is 0 Å². The van der Waals surface area contributed by atoms with Gasteiger partial charge in [-0.15, -0.1) is 24.0 Å². The van der Waals surface area contributed by atoms with E-state index in [1.54, 1.807) is 0 Å². The number of anilines is 2. The minimum absolute atomic E-state index is 0. The van der Waals surface area contributed by atoms with E-state index in [0.29, 0.717) is 12.5 Å². The van der Waals surface area contributed by atoms with Crippen LogP contribution in [0.25, 0.3) is 0 Å². The minimum Gasteiger partial charge on any atom is -0.374 e. The van der Waals surface area contributed by atoms with E-state index in [1.807, 2.05) is 0 Å². The standard InChI is InChI=1S/C21H26N4.HI/c1-25-11-3-6-18-12-15(7-10-20(18)25)14-23-21(22)24-19-9-8-16-4-2-5-17(16)13-19;/h7-10,12-13H,2-6,11,14H2,1H3,(H3,22,23,24);1H. The molecule has 0 saturated heterocycles. The van der Waals surface area contributed by atoms with Crippen molar-refractivity contribution in [1.82, 2.24) is 0 Å². The van der Waals surface area contributed by atoms with Gasteiger partial charge < -0.3 is 16.0 Å². The number of hydrogen-bond acceptors (Lipinski definition) is 2. The fourth-order valence-corrected chi connectivity index (χ4v) is 3.95. The maximum Gasteiger partial charge on any atom is 0.193 e. The number of aryl methyl sites for hydroxylation is 3. The third-order valence-electron chi connectivity index (χ3n) is 5.30. The van der Waals surface area contributed by atoms with E-state index in [0.717, 1.165) is 18.7 Å². The highest BCUT2D eigenvalue weighted by Gasteiger charge is 2.13. The van der Waals surface area contributed by atoms with Crippen LogP contribution in [0.15, 0.2) is 41.4 Å². The van der Waals surface area contributed by atoms with E-state index in [9.17, 15) is 0 Å². The molecule has 0 fully saturated rings. The van der Waals surface area contributed by atoms with Crippen LogP contribution in [0.3, 0.4) is 0 Å². The zero-order chi connectivity index (χ0) is 17.2. The van der Waals surface area contributed by atoms with Gasteiger partial charge in [-0.1, -0.05) is 18.2 Å². The van der Waals surface area contributed by atoms with Crippen LogP contribution < -0.4 is 16.0 Å². The third kappa shape index (κ3) is 4.14. The number of nitrogens with one attached hydrogen (secondary N) is 1. The first-order chi connectivity index (χ1) is 12.2. The molecule has 0 radical (unpaired) electrons. The Balaban J connectivity index is 0.00000196. The lowest BCUT2D eigenvalue weighted by molar-refractivity contribution is 0.743. The smallest absolute Gasteiger partial charge is 0.193 e. The normalized spacial score (nSPS) is 15.9. The molecule has 0 amide bonds. The third-order valence-corrected chi connectivity index (χ3v) is 5.30. The number of rotatable bonds is 3. The topological polar surface area (TPSA) is 53.6 Å². The maximum atomic E-state index is 6.09. The van der Waals surface area contributed by atoms with Gasteiger partial charge in [-0.2, -0.15) is 0 Å². The SMILES string of the molecule is CN1CCCc2cc(CN=C(N)Nc3ccc4c(c3)CCC4)ccc21.I. The number of aliphatic imine (C=N–C) groups is 1. The van der Waals surface area contributed by atoms with Gasteiger partial charge in [0.1, 0.15) is 0 Å². The van der Waals surface area contributed by atoms with E-state index < -0.39 is 0 Å². The van der Waals surface area contributed by atoms with Crippen LogP contribution >= 0.6 is 24.0 Å². The molecule has 2 aliphatic rings. The monoisotopic (exact) mass is 462 g/mol. The summed E-state index contributed by atoms with van der Waals surface area (Å²) in [5.41, 5.74) is 14.0. The summed E-state index contributed by atoms with van der Waals surface area (Å²) in [5, 5.41) is 3.23. The molecule has 1 aliphatic carbocycles. The first-order valence-corrected chi connectivity index (χ1v) is 9.21. The van der Waals surface area contributed by atoms with Crippen molar-refractivity contribution in [2.24, 2.45) is 10.7 Å². The number of fused-ring (bicyclic) bond motifs is 2. The van der Waals surface area contributed by atoms with Crippen LogP contribution in [0.5, 0.6) is 0 Å². The van der Waals surface area contributed by atoms with Crippen molar-refractivity contribution < 1.29 is 0 Å². The average Bonchev–Trinajstić information content (AvgIpc) is 3.08. The van der Waals surface area contributed by atoms with Gasteiger partial charge in [0.15, 0.2) is 5.96 Å². The second kappa shape index (κ2) is 8.29. The summed E-state index contributed by atoms with van der Waals surface area (Å²) >= 11 is 0. The molecule has 4 rings (SSSR count). The number of hydrogen-bond donors (Lipinski definition) is 2. The van der Waals surface area contributed by atoms with Crippen molar-refractivity contribution in [3.8, 4) is 0 Å². The van der Waals surface area contributed by atoms with Crippen molar-refractivity contribution in [3.05, 3.63) is 58.7 Å². The molecule has 1 aliphatic heterocycles. The maximum absolute atomic E-state index is 6.09.